The summed E-state index contributed by atoms with van der Waals surface area (Å²) in [6.07, 6.45) is 7.57. The van der Waals surface area contributed by atoms with E-state index in [-0.39, 0.29) is 0 Å². The van der Waals surface area contributed by atoms with E-state index in [1.807, 2.05) is 6.07 Å². The van der Waals surface area contributed by atoms with Crippen LogP contribution in [0.2, 0.25) is 0 Å². The highest BCUT2D eigenvalue weighted by atomic mass is 15.1. The quantitative estimate of drug-likeness (QED) is 0.864. The van der Waals surface area contributed by atoms with E-state index < -0.39 is 0 Å². The number of hydrogen-bond donors (Lipinski definition) is 2. The third kappa shape index (κ3) is 3.43. The van der Waals surface area contributed by atoms with Crippen molar-refractivity contribution in [2.75, 3.05) is 17.2 Å². The second-order valence-corrected chi connectivity index (χ2v) is 5.82. The van der Waals surface area contributed by atoms with E-state index in [2.05, 4.69) is 40.7 Å². The molecule has 112 valence electrons. The minimum Gasteiger partial charge on any atom is -0.367 e. The van der Waals surface area contributed by atoms with Gasteiger partial charge in [-0.15, -0.1) is 0 Å². The molecule has 3 rings (SSSR count). The highest BCUT2D eigenvalue weighted by molar-refractivity contribution is 5.90. The molecule has 4 nitrogen and oxygen atoms in total. The SMILES string of the molecule is CCCNc1nc(NC2CCCCC2)c2ccccc2n1. The maximum Gasteiger partial charge on any atom is 0.225 e. The van der Waals surface area contributed by atoms with E-state index in [4.69, 9.17) is 4.98 Å². The van der Waals surface area contributed by atoms with Gasteiger partial charge in [0.1, 0.15) is 5.82 Å². The summed E-state index contributed by atoms with van der Waals surface area (Å²) >= 11 is 0. The summed E-state index contributed by atoms with van der Waals surface area (Å²) in [5, 5.41) is 8.07. The normalized spacial score (nSPS) is 16.0. The van der Waals surface area contributed by atoms with Gasteiger partial charge < -0.3 is 10.6 Å². The van der Waals surface area contributed by atoms with Crippen LogP contribution in [0.3, 0.4) is 0 Å². The third-order valence-corrected chi connectivity index (χ3v) is 4.08. The summed E-state index contributed by atoms with van der Waals surface area (Å²) in [7, 11) is 0. The first-order valence-electron chi connectivity index (χ1n) is 8.14. The number of nitrogens with one attached hydrogen (secondary N) is 2. The zero-order valence-electron chi connectivity index (χ0n) is 12.7. The number of hydrogen-bond acceptors (Lipinski definition) is 4. The lowest BCUT2D eigenvalue weighted by Crippen LogP contribution is -2.23. The first-order valence-corrected chi connectivity index (χ1v) is 8.14. The van der Waals surface area contributed by atoms with Gasteiger partial charge in [0.05, 0.1) is 5.52 Å². The van der Waals surface area contributed by atoms with Crippen molar-refractivity contribution in [3.63, 3.8) is 0 Å². The minimum atomic E-state index is 0.552. The number of aromatic nitrogens is 2. The van der Waals surface area contributed by atoms with Gasteiger partial charge in [0.15, 0.2) is 0 Å². The van der Waals surface area contributed by atoms with Crippen LogP contribution >= 0.6 is 0 Å². The van der Waals surface area contributed by atoms with Crippen LogP contribution in [0.25, 0.3) is 10.9 Å². The predicted octanol–water partition coefficient (Wildman–Crippen LogP) is 4.20. The molecule has 1 fully saturated rings. The third-order valence-electron chi connectivity index (χ3n) is 4.08. The molecule has 1 heterocycles. The Hall–Kier alpha value is -1.84. The van der Waals surface area contributed by atoms with Crippen LogP contribution in [0.1, 0.15) is 45.4 Å². The maximum absolute atomic E-state index is 4.70. The zero-order valence-corrected chi connectivity index (χ0v) is 12.7. The molecule has 4 heteroatoms. The molecule has 0 saturated heterocycles. The second-order valence-electron chi connectivity index (χ2n) is 5.82. The molecule has 2 N–H and O–H groups in total. The molecule has 1 saturated carbocycles. The standard InChI is InChI=1S/C17H24N4/c1-2-12-18-17-20-15-11-7-6-10-14(15)16(21-17)19-13-8-4-3-5-9-13/h6-7,10-11,13H,2-5,8-9,12H2,1H3,(H2,18,19,20,21). The Labute approximate surface area is 126 Å². The maximum atomic E-state index is 4.70. The lowest BCUT2D eigenvalue weighted by Gasteiger charge is -2.24. The van der Waals surface area contributed by atoms with Gasteiger partial charge >= 0.3 is 0 Å². The molecule has 1 aliphatic rings. The average molecular weight is 284 g/mol. The first kappa shape index (κ1) is 14.1. The van der Waals surface area contributed by atoms with Crippen molar-refractivity contribution in [3.05, 3.63) is 24.3 Å². The van der Waals surface area contributed by atoms with Gasteiger partial charge in [0, 0.05) is 18.0 Å². The number of benzene rings is 1. The molecule has 0 unspecified atom stereocenters. The average Bonchev–Trinajstić information content (AvgIpc) is 2.54. The fraction of sp³-hybridized carbons (Fsp3) is 0.529. The first-order chi connectivity index (χ1) is 10.4. The van der Waals surface area contributed by atoms with Crippen LogP contribution in [0, 0.1) is 0 Å². The molecule has 0 radical (unpaired) electrons. The van der Waals surface area contributed by atoms with E-state index in [1.54, 1.807) is 0 Å². The fourth-order valence-corrected chi connectivity index (χ4v) is 2.94. The van der Waals surface area contributed by atoms with Crippen molar-refractivity contribution in [1.82, 2.24) is 9.97 Å². The zero-order chi connectivity index (χ0) is 14.5. The largest absolute Gasteiger partial charge is 0.367 e. The highest BCUT2D eigenvalue weighted by Crippen LogP contribution is 2.26. The van der Waals surface area contributed by atoms with Gasteiger partial charge in [0.25, 0.3) is 0 Å². The van der Waals surface area contributed by atoms with Crippen molar-refractivity contribution in [1.29, 1.82) is 0 Å². The number of para-hydroxylation sites is 1. The van der Waals surface area contributed by atoms with Crippen molar-refractivity contribution < 1.29 is 0 Å². The van der Waals surface area contributed by atoms with Crippen molar-refractivity contribution >= 4 is 22.7 Å². The minimum absolute atomic E-state index is 0.552. The molecule has 21 heavy (non-hydrogen) atoms. The van der Waals surface area contributed by atoms with Gasteiger partial charge in [-0.3, -0.25) is 0 Å². The Bertz CT molecular complexity index is 590. The molecule has 0 aliphatic heterocycles. The lowest BCUT2D eigenvalue weighted by molar-refractivity contribution is 0.462. The van der Waals surface area contributed by atoms with E-state index >= 15 is 0 Å². The van der Waals surface area contributed by atoms with Crippen molar-refractivity contribution in [2.24, 2.45) is 0 Å². The number of nitrogens with zero attached hydrogens (tertiary/aromatic N) is 2. The fourth-order valence-electron chi connectivity index (χ4n) is 2.94. The van der Waals surface area contributed by atoms with Crippen molar-refractivity contribution in [2.45, 2.75) is 51.5 Å². The lowest BCUT2D eigenvalue weighted by atomic mass is 9.95. The van der Waals surface area contributed by atoms with Crippen molar-refractivity contribution in [3.8, 4) is 0 Å². The Morgan fingerprint density at radius 1 is 1.10 bits per heavy atom. The van der Waals surface area contributed by atoms with Crippen LogP contribution in [0.15, 0.2) is 24.3 Å². The Balaban J connectivity index is 1.89. The predicted molar refractivity (Wildman–Crippen MR) is 88.8 cm³/mol. The van der Waals surface area contributed by atoms with Gasteiger partial charge in [0.2, 0.25) is 5.95 Å². The summed E-state index contributed by atoms with van der Waals surface area (Å²) in [6.45, 7) is 3.05. The van der Waals surface area contributed by atoms with Gasteiger partial charge in [-0.05, 0) is 31.4 Å². The molecule has 1 aromatic heterocycles. The highest BCUT2D eigenvalue weighted by Gasteiger charge is 2.15. The van der Waals surface area contributed by atoms with E-state index in [1.165, 1.54) is 32.1 Å². The number of fused-ring (bicyclic) bond motifs is 1. The number of anilines is 2. The molecule has 1 aromatic carbocycles. The van der Waals surface area contributed by atoms with Crippen LogP contribution in [0.4, 0.5) is 11.8 Å². The molecule has 0 atom stereocenters. The molecule has 1 aliphatic carbocycles. The summed E-state index contributed by atoms with van der Waals surface area (Å²) in [5.74, 6) is 1.71. The van der Waals surface area contributed by atoms with Crippen LogP contribution in [-0.4, -0.2) is 22.6 Å². The topological polar surface area (TPSA) is 49.8 Å². The second kappa shape index (κ2) is 6.74. The number of rotatable bonds is 5. The van der Waals surface area contributed by atoms with E-state index in [9.17, 15) is 0 Å². The Kier molecular flexibility index (Phi) is 4.53. The van der Waals surface area contributed by atoms with E-state index in [0.717, 1.165) is 35.6 Å². The van der Waals surface area contributed by atoms with E-state index in [0.29, 0.717) is 6.04 Å². The molecule has 2 aromatic rings. The Morgan fingerprint density at radius 3 is 2.71 bits per heavy atom. The summed E-state index contributed by atoms with van der Waals surface area (Å²) < 4.78 is 0. The summed E-state index contributed by atoms with van der Waals surface area (Å²) in [5.41, 5.74) is 1.00. The molecular formula is C17H24N4. The van der Waals surface area contributed by atoms with Gasteiger partial charge in [-0.1, -0.05) is 38.3 Å². The smallest absolute Gasteiger partial charge is 0.225 e. The molecular weight excluding hydrogens is 260 g/mol. The Morgan fingerprint density at radius 2 is 1.90 bits per heavy atom. The molecule has 0 spiro atoms. The van der Waals surface area contributed by atoms with Crippen LogP contribution in [-0.2, 0) is 0 Å². The van der Waals surface area contributed by atoms with Gasteiger partial charge in [-0.2, -0.15) is 4.98 Å². The van der Waals surface area contributed by atoms with Gasteiger partial charge in [-0.25, -0.2) is 4.98 Å². The molecule has 0 bridgehead atoms. The summed E-state index contributed by atoms with van der Waals surface area (Å²) in [6, 6.07) is 8.79. The monoisotopic (exact) mass is 284 g/mol. The molecule has 0 amide bonds. The van der Waals surface area contributed by atoms with Crippen LogP contribution in [0.5, 0.6) is 0 Å². The summed E-state index contributed by atoms with van der Waals surface area (Å²) in [4.78, 5) is 9.30. The van der Waals surface area contributed by atoms with Crippen LogP contribution < -0.4 is 10.6 Å².